The summed E-state index contributed by atoms with van der Waals surface area (Å²) in [5, 5.41) is 0. The second-order valence-corrected chi connectivity index (χ2v) is 3.91. The van der Waals surface area contributed by atoms with Crippen LogP contribution in [-0.4, -0.2) is 6.29 Å². The number of aldehydes is 1. The Morgan fingerprint density at radius 1 is 0.882 bits per heavy atom. The Morgan fingerprint density at radius 2 is 1.47 bits per heavy atom. The molecule has 0 radical (unpaired) electrons. The van der Waals surface area contributed by atoms with Gasteiger partial charge in [0.15, 0.2) is 0 Å². The van der Waals surface area contributed by atoms with Crippen molar-refractivity contribution in [2.45, 2.75) is 6.42 Å². The third-order valence-corrected chi connectivity index (χ3v) is 2.55. The Balaban J connectivity index is 2.18. The van der Waals surface area contributed by atoms with Crippen LogP contribution >= 0.6 is 0 Å². The van der Waals surface area contributed by atoms with Crippen LogP contribution in [0, 0.1) is 0 Å². The van der Waals surface area contributed by atoms with Crippen molar-refractivity contribution in [3.8, 4) is 0 Å². The zero-order chi connectivity index (χ0) is 11.9. The van der Waals surface area contributed by atoms with E-state index in [-0.39, 0.29) is 0 Å². The molecule has 2 rings (SSSR count). The van der Waals surface area contributed by atoms with E-state index < -0.39 is 0 Å². The van der Waals surface area contributed by atoms with E-state index in [9.17, 15) is 4.79 Å². The van der Waals surface area contributed by atoms with Crippen LogP contribution in [0.3, 0.4) is 0 Å². The highest BCUT2D eigenvalue weighted by Gasteiger charge is 1.98. The number of carbonyl (C=O) groups excluding carboxylic acids is 1. The van der Waals surface area contributed by atoms with Gasteiger partial charge in [0.05, 0.1) is 0 Å². The molecule has 0 N–H and O–H groups in total. The molecular weight excluding hydrogens is 208 g/mol. The molecule has 0 aliphatic rings. The fraction of sp³-hybridized carbons (Fsp3) is 0.0625. The van der Waals surface area contributed by atoms with Gasteiger partial charge in [-0.25, -0.2) is 0 Å². The number of allylic oxidation sites excluding steroid dienone is 1. The first-order valence-corrected chi connectivity index (χ1v) is 5.63. The third kappa shape index (κ3) is 3.42. The maximum absolute atomic E-state index is 11.0. The third-order valence-electron chi connectivity index (χ3n) is 2.55. The predicted molar refractivity (Wildman–Crippen MR) is 70.6 cm³/mol. The van der Waals surface area contributed by atoms with Crippen molar-refractivity contribution in [2.24, 2.45) is 0 Å². The number of benzene rings is 2. The Labute approximate surface area is 101 Å². The smallest absolute Gasteiger partial charge is 0.146 e. The Morgan fingerprint density at radius 3 is 2.06 bits per heavy atom. The molecule has 0 saturated heterocycles. The van der Waals surface area contributed by atoms with Crippen molar-refractivity contribution < 1.29 is 4.79 Å². The molecule has 1 nitrogen and oxygen atoms in total. The minimum Gasteiger partial charge on any atom is -0.298 e. The average Bonchev–Trinajstić information content (AvgIpc) is 2.40. The van der Waals surface area contributed by atoms with Crippen LogP contribution in [0.2, 0.25) is 0 Å². The first-order valence-electron chi connectivity index (χ1n) is 5.63. The first kappa shape index (κ1) is 11.3. The molecule has 0 bridgehead atoms. The monoisotopic (exact) mass is 222 g/mol. The summed E-state index contributed by atoms with van der Waals surface area (Å²) in [6, 6.07) is 19.9. The first-order chi connectivity index (χ1) is 8.38. The Kier molecular flexibility index (Phi) is 3.87. The second-order valence-electron chi connectivity index (χ2n) is 3.91. The topological polar surface area (TPSA) is 17.1 Å². The zero-order valence-electron chi connectivity index (χ0n) is 9.54. The fourth-order valence-corrected chi connectivity index (χ4v) is 1.72. The molecule has 2 aromatic carbocycles. The molecule has 0 atom stereocenters. The van der Waals surface area contributed by atoms with Crippen LogP contribution in [0.15, 0.2) is 66.2 Å². The summed E-state index contributed by atoms with van der Waals surface area (Å²) in [5.74, 6) is 0. The van der Waals surface area contributed by atoms with Gasteiger partial charge in [-0.2, -0.15) is 0 Å². The summed E-state index contributed by atoms with van der Waals surface area (Å²) in [5.41, 5.74) is 3.01. The van der Waals surface area contributed by atoms with Gasteiger partial charge in [-0.1, -0.05) is 60.7 Å². The van der Waals surface area contributed by atoms with Crippen molar-refractivity contribution in [3.63, 3.8) is 0 Å². The van der Waals surface area contributed by atoms with Crippen molar-refractivity contribution in [1.29, 1.82) is 0 Å². The molecule has 1 heteroatoms. The molecule has 0 fully saturated rings. The standard InChI is InChI=1S/C16H14O/c17-13-16(11-14-7-3-1-4-8-14)12-15-9-5-2-6-10-15/h1-11,13H,12H2/b16-11-. The van der Waals surface area contributed by atoms with Crippen molar-refractivity contribution in [1.82, 2.24) is 0 Å². The van der Waals surface area contributed by atoms with Crippen molar-refractivity contribution in [3.05, 3.63) is 77.4 Å². The SMILES string of the molecule is O=C/C(=C\c1ccccc1)Cc1ccccc1. The largest absolute Gasteiger partial charge is 0.298 e. The van der Waals surface area contributed by atoms with Crippen LogP contribution < -0.4 is 0 Å². The molecule has 0 spiro atoms. The molecule has 84 valence electrons. The second kappa shape index (κ2) is 5.80. The number of rotatable bonds is 4. The lowest BCUT2D eigenvalue weighted by atomic mass is 10.0. The minimum atomic E-state index is 0.680. The molecule has 0 aliphatic carbocycles. The van der Waals surface area contributed by atoms with E-state index >= 15 is 0 Å². The predicted octanol–water partition coefficient (Wildman–Crippen LogP) is 3.51. The normalized spacial score (nSPS) is 11.2. The quantitative estimate of drug-likeness (QED) is 0.571. The minimum absolute atomic E-state index is 0.680. The summed E-state index contributed by atoms with van der Waals surface area (Å²) >= 11 is 0. The van der Waals surface area contributed by atoms with Gasteiger partial charge in [-0.15, -0.1) is 0 Å². The van der Waals surface area contributed by atoms with E-state index in [1.807, 2.05) is 66.7 Å². The van der Waals surface area contributed by atoms with Gasteiger partial charge in [0.1, 0.15) is 6.29 Å². The van der Waals surface area contributed by atoms with Crippen LogP contribution in [0.25, 0.3) is 6.08 Å². The van der Waals surface area contributed by atoms with E-state index in [4.69, 9.17) is 0 Å². The van der Waals surface area contributed by atoms with Gasteiger partial charge in [0.25, 0.3) is 0 Å². The summed E-state index contributed by atoms with van der Waals surface area (Å²) in [6.45, 7) is 0. The highest BCUT2D eigenvalue weighted by molar-refractivity contribution is 5.82. The maximum Gasteiger partial charge on any atom is 0.146 e. The lowest BCUT2D eigenvalue weighted by molar-refractivity contribution is -0.104. The van der Waals surface area contributed by atoms with Gasteiger partial charge in [-0.05, 0) is 22.8 Å². The van der Waals surface area contributed by atoms with Gasteiger partial charge in [-0.3, -0.25) is 4.79 Å². The van der Waals surface area contributed by atoms with E-state index in [0.29, 0.717) is 6.42 Å². The highest BCUT2D eigenvalue weighted by Crippen LogP contribution is 2.10. The average molecular weight is 222 g/mol. The summed E-state index contributed by atoms with van der Waals surface area (Å²) in [6.07, 6.45) is 3.54. The van der Waals surface area contributed by atoms with E-state index in [1.165, 1.54) is 0 Å². The Bertz CT molecular complexity index is 498. The highest BCUT2D eigenvalue weighted by atomic mass is 16.1. The van der Waals surface area contributed by atoms with Crippen LogP contribution in [0.4, 0.5) is 0 Å². The number of carbonyl (C=O) groups is 1. The molecular formula is C16H14O. The van der Waals surface area contributed by atoms with E-state index in [0.717, 1.165) is 23.0 Å². The molecule has 0 amide bonds. The van der Waals surface area contributed by atoms with Crippen LogP contribution in [-0.2, 0) is 11.2 Å². The molecule has 17 heavy (non-hydrogen) atoms. The molecule has 0 saturated carbocycles. The zero-order valence-corrected chi connectivity index (χ0v) is 9.54. The summed E-state index contributed by atoms with van der Waals surface area (Å²) in [7, 11) is 0. The Hall–Kier alpha value is -2.15. The summed E-state index contributed by atoms with van der Waals surface area (Å²) < 4.78 is 0. The molecule has 2 aromatic rings. The summed E-state index contributed by atoms with van der Waals surface area (Å²) in [4.78, 5) is 11.0. The molecule has 0 heterocycles. The van der Waals surface area contributed by atoms with E-state index in [1.54, 1.807) is 0 Å². The lowest BCUT2D eigenvalue weighted by Gasteiger charge is -2.01. The lowest BCUT2D eigenvalue weighted by Crippen LogP contribution is -1.91. The van der Waals surface area contributed by atoms with Gasteiger partial charge in [0.2, 0.25) is 0 Å². The number of hydrogen-bond acceptors (Lipinski definition) is 1. The van der Waals surface area contributed by atoms with Crippen LogP contribution in [0.1, 0.15) is 11.1 Å². The number of hydrogen-bond donors (Lipinski definition) is 0. The maximum atomic E-state index is 11.0. The van der Waals surface area contributed by atoms with Gasteiger partial charge < -0.3 is 0 Å². The fourth-order valence-electron chi connectivity index (χ4n) is 1.72. The molecule has 0 aliphatic heterocycles. The van der Waals surface area contributed by atoms with Crippen molar-refractivity contribution >= 4 is 12.4 Å². The van der Waals surface area contributed by atoms with Gasteiger partial charge >= 0.3 is 0 Å². The molecule has 0 aromatic heterocycles. The van der Waals surface area contributed by atoms with Crippen molar-refractivity contribution in [2.75, 3.05) is 0 Å². The molecule has 0 unspecified atom stereocenters. The van der Waals surface area contributed by atoms with Gasteiger partial charge in [0, 0.05) is 6.42 Å². The van der Waals surface area contributed by atoms with E-state index in [2.05, 4.69) is 0 Å². The van der Waals surface area contributed by atoms with Crippen LogP contribution in [0.5, 0.6) is 0 Å².